The normalized spacial score (nSPS) is 15.4. The molecule has 0 aliphatic heterocycles. The van der Waals surface area contributed by atoms with E-state index in [1.54, 1.807) is 0 Å². The second-order valence-electron chi connectivity index (χ2n) is 6.96. The van der Waals surface area contributed by atoms with Gasteiger partial charge in [0.1, 0.15) is 0 Å². The number of nitriles is 1. The van der Waals surface area contributed by atoms with Gasteiger partial charge in [-0.2, -0.15) is 5.26 Å². The summed E-state index contributed by atoms with van der Waals surface area (Å²) in [6.07, 6.45) is 1.80. The second-order valence-corrected chi connectivity index (χ2v) is 6.96. The first-order valence-electron chi connectivity index (χ1n) is 8.15. The molecule has 24 heavy (non-hydrogen) atoms. The van der Waals surface area contributed by atoms with Crippen molar-refractivity contribution in [3.05, 3.63) is 51.7 Å². The number of aromatic nitrogens is 1. The summed E-state index contributed by atoms with van der Waals surface area (Å²) in [4.78, 5) is 18.4. The molecule has 0 amide bonds. The Bertz CT molecular complexity index is 1080. The Labute approximate surface area is 140 Å². The number of pyridine rings is 1. The number of nitrogens with one attached hydrogen (secondary N) is 1. The van der Waals surface area contributed by atoms with Crippen LogP contribution in [0.1, 0.15) is 24.0 Å². The van der Waals surface area contributed by atoms with E-state index in [0.717, 1.165) is 40.7 Å². The molecular formula is C20H19N3O. The van der Waals surface area contributed by atoms with E-state index in [4.69, 9.17) is 0 Å². The molecule has 0 radical (unpaired) electrons. The van der Waals surface area contributed by atoms with Crippen LogP contribution >= 0.6 is 0 Å². The highest BCUT2D eigenvalue weighted by atomic mass is 16.1. The Hall–Kier alpha value is -2.80. The third-order valence-corrected chi connectivity index (χ3v) is 5.11. The quantitative estimate of drug-likeness (QED) is 0.735. The predicted octanol–water partition coefficient (Wildman–Crippen LogP) is 3.61. The highest BCUT2D eigenvalue weighted by Crippen LogP contribution is 2.47. The molecule has 1 N–H and O–H groups in total. The van der Waals surface area contributed by atoms with Gasteiger partial charge in [0.05, 0.1) is 28.2 Å². The van der Waals surface area contributed by atoms with E-state index in [1.807, 2.05) is 56.3 Å². The van der Waals surface area contributed by atoms with Crippen LogP contribution in [0.5, 0.6) is 0 Å². The molecule has 120 valence electrons. The fraction of sp³-hybridized carbons (Fsp3) is 0.300. The Balaban J connectivity index is 2.09. The molecule has 1 saturated carbocycles. The Kier molecular flexibility index (Phi) is 2.98. The highest BCUT2D eigenvalue weighted by molar-refractivity contribution is 5.99. The molecule has 1 aliphatic rings. The largest absolute Gasteiger partial charge is 0.376 e. The zero-order valence-corrected chi connectivity index (χ0v) is 14.1. The average molecular weight is 317 g/mol. The third-order valence-electron chi connectivity index (χ3n) is 5.11. The zero-order valence-electron chi connectivity index (χ0n) is 14.1. The van der Waals surface area contributed by atoms with Crippen LogP contribution in [-0.2, 0) is 5.41 Å². The van der Waals surface area contributed by atoms with Crippen molar-refractivity contribution in [2.75, 3.05) is 19.0 Å². The molecule has 0 atom stereocenters. The number of aryl methyl sites for hydroxylation is 1. The minimum Gasteiger partial charge on any atom is -0.376 e. The van der Waals surface area contributed by atoms with Crippen LogP contribution in [-0.4, -0.2) is 19.1 Å². The highest BCUT2D eigenvalue weighted by Gasteiger charge is 2.44. The summed E-state index contributed by atoms with van der Waals surface area (Å²) in [5.41, 5.74) is 4.50. The van der Waals surface area contributed by atoms with Gasteiger partial charge in [-0.05, 0) is 49.1 Å². The number of nitrogens with zero attached hydrogens (tertiary/aromatic N) is 2. The Morgan fingerprint density at radius 1 is 1.17 bits per heavy atom. The number of hydrogen-bond acceptors (Lipinski definition) is 3. The number of H-pyrrole nitrogens is 1. The van der Waals surface area contributed by atoms with E-state index in [1.165, 1.54) is 0 Å². The van der Waals surface area contributed by atoms with E-state index in [2.05, 4.69) is 11.1 Å². The maximum Gasteiger partial charge on any atom is 0.197 e. The van der Waals surface area contributed by atoms with Crippen molar-refractivity contribution in [2.45, 2.75) is 25.2 Å². The van der Waals surface area contributed by atoms with Gasteiger partial charge in [-0.15, -0.1) is 0 Å². The van der Waals surface area contributed by atoms with Gasteiger partial charge in [-0.3, -0.25) is 4.79 Å². The standard InChI is InChI=1S/C20H19N3O/c1-12-4-6-15-17(18(12)23(2)3)22-16-10-13(20(11-21)8-9-20)5-7-14(16)19(15)24/h4-7,10H,8-9H2,1-3H3,(H,22,24). The zero-order chi connectivity index (χ0) is 17.1. The first kappa shape index (κ1) is 14.8. The van der Waals surface area contributed by atoms with E-state index in [0.29, 0.717) is 10.8 Å². The number of aromatic amines is 1. The van der Waals surface area contributed by atoms with Crippen LogP contribution in [0.4, 0.5) is 5.69 Å². The Morgan fingerprint density at radius 3 is 2.50 bits per heavy atom. The number of benzene rings is 2. The minimum absolute atomic E-state index is 0.0372. The summed E-state index contributed by atoms with van der Waals surface area (Å²) in [5.74, 6) is 0. The summed E-state index contributed by atoms with van der Waals surface area (Å²) < 4.78 is 0. The lowest BCUT2D eigenvalue weighted by molar-refractivity contribution is 0.910. The van der Waals surface area contributed by atoms with Gasteiger partial charge in [0.25, 0.3) is 0 Å². The topological polar surface area (TPSA) is 59.9 Å². The molecule has 0 saturated heterocycles. The van der Waals surface area contributed by atoms with Crippen LogP contribution in [0, 0.1) is 18.3 Å². The number of fused-ring (bicyclic) bond motifs is 2. The Morgan fingerprint density at radius 2 is 1.88 bits per heavy atom. The van der Waals surface area contributed by atoms with E-state index in [9.17, 15) is 10.1 Å². The molecule has 1 aliphatic carbocycles. The first-order valence-corrected chi connectivity index (χ1v) is 8.15. The summed E-state index contributed by atoms with van der Waals surface area (Å²) in [5, 5.41) is 10.8. The number of hydrogen-bond donors (Lipinski definition) is 1. The fourth-order valence-electron chi connectivity index (χ4n) is 3.60. The van der Waals surface area contributed by atoms with E-state index >= 15 is 0 Å². The monoisotopic (exact) mass is 317 g/mol. The summed E-state index contributed by atoms with van der Waals surface area (Å²) >= 11 is 0. The summed E-state index contributed by atoms with van der Waals surface area (Å²) in [6.45, 7) is 2.04. The van der Waals surface area contributed by atoms with Crippen molar-refractivity contribution >= 4 is 27.5 Å². The van der Waals surface area contributed by atoms with Gasteiger partial charge in [0.2, 0.25) is 0 Å². The van der Waals surface area contributed by atoms with Crippen LogP contribution in [0.2, 0.25) is 0 Å². The maximum absolute atomic E-state index is 12.9. The van der Waals surface area contributed by atoms with Crippen molar-refractivity contribution < 1.29 is 0 Å². The van der Waals surface area contributed by atoms with Gasteiger partial charge in [0.15, 0.2) is 5.43 Å². The lowest BCUT2D eigenvalue weighted by Crippen LogP contribution is -2.14. The van der Waals surface area contributed by atoms with Crippen LogP contribution < -0.4 is 10.3 Å². The molecule has 0 spiro atoms. The van der Waals surface area contributed by atoms with Gasteiger partial charge in [0, 0.05) is 24.9 Å². The summed E-state index contributed by atoms with van der Waals surface area (Å²) in [6, 6.07) is 12.1. The van der Waals surface area contributed by atoms with Crippen LogP contribution in [0.15, 0.2) is 35.1 Å². The molecule has 1 aromatic heterocycles. The first-order chi connectivity index (χ1) is 11.5. The smallest absolute Gasteiger partial charge is 0.197 e. The van der Waals surface area contributed by atoms with Crippen LogP contribution in [0.25, 0.3) is 21.8 Å². The maximum atomic E-state index is 12.9. The lowest BCUT2D eigenvalue weighted by Gasteiger charge is -2.19. The van der Waals surface area contributed by atoms with Crippen molar-refractivity contribution in [3.8, 4) is 6.07 Å². The van der Waals surface area contributed by atoms with Crippen molar-refractivity contribution in [1.82, 2.24) is 4.98 Å². The predicted molar refractivity (Wildman–Crippen MR) is 97.7 cm³/mol. The van der Waals surface area contributed by atoms with Gasteiger partial charge in [-0.25, -0.2) is 0 Å². The lowest BCUT2D eigenvalue weighted by atomic mass is 9.95. The van der Waals surface area contributed by atoms with E-state index in [-0.39, 0.29) is 10.8 Å². The molecular weight excluding hydrogens is 298 g/mol. The van der Waals surface area contributed by atoms with Gasteiger partial charge in [-0.1, -0.05) is 12.1 Å². The second kappa shape index (κ2) is 4.85. The fourth-order valence-corrected chi connectivity index (χ4v) is 3.60. The average Bonchev–Trinajstić information content (AvgIpc) is 3.35. The van der Waals surface area contributed by atoms with Crippen molar-refractivity contribution in [2.24, 2.45) is 0 Å². The van der Waals surface area contributed by atoms with Crippen molar-refractivity contribution in [1.29, 1.82) is 5.26 Å². The third kappa shape index (κ3) is 1.94. The van der Waals surface area contributed by atoms with Crippen LogP contribution in [0.3, 0.4) is 0 Å². The summed E-state index contributed by atoms with van der Waals surface area (Å²) in [7, 11) is 3.96. The van der Waals surface area contributed by atoms with Gasteiger partial charge >= 0.3 is 0 Å². The molecule has 4 nitrogen and oxygen atoms in total. The molecule has 1 heterocycles. The number of rotatable bonds is 2. The molecule has 0 bridgehead atoms. The molecule has 0 unspecified atom stereocenters. The molecule has 4 rings (SSSR count). The van der Waals surface area contributed by atoms with Gasteiger partial charge < -0.3 is 9.88 Å². The minimum atomic E-state index is -0.350. The number of anilines is 1. The molecule has 4 heteroatoms. The molecule has 3 aromatic rings. The SMILES string of the molecule is Cc1ccc2c(=O)c3ccc(C4(C#N)CC4)cc3[nH]c2c1N(C)C. The van der Waals surface area contributed by atoms with Crippen molar-refractivity contribution in [3.63, 3.8) is 0 Å². The molecule has 1 fully saturated rings. The van der Waals surface area contributed by atoms with E-state index < -0.39 is 0 Å². The molecule has 2 aromatic carbocycles.